The van der Waals surface area contributed by atoms with E-state index in [1.165, 1.54) is 5.56 Å². The van der Waals surface area contributed by atoms with Gasteiger partial charge < -0.3 is 10.0 Å². The molecule has 2 aromatic carbocycles. The van der Waals surface area contributed by atoms with E-state index in [4.69, 9.17) is 11.6 Å². The maximum atomic E-state index is 9.45. The Balaban J connectivity index is 2.19. The molecule has 2 rings (SSSR count). The van der Waals surface area contributed by atoms with Crippen LogP contribution in [0.25, 0.3) is 0 Å². The number of hydrogen-bond acceptors (Lipinski definition) is 2. The summed E-state index contributed by atoms with van der Waals surface area (Å²) in [5, 5.41) is 10.2. The first-order valence-corrected chi connectivity index (χ1v) is 6.64. The van der Waals surface area contributed by atoms with Crippen LogP contribution < -0.4 is 4.90 Å². The van der Waals surface area contributed by atoms with Gasteiger partial charge in [0.1, 0.15) is 0 Å². The van der Waals surface area contributed by atoms with Gasteiger partial charge >= 0.3 is 0 Å². The van der Waals surface area contributed by atoms with Crippen molar-refractivity contribution in [2.75, 3.05) is 11.9 Å². The van der Waals surface area contributed by atoms with Crippen molar-refractivity contribution in [3.63, 3.8) is 0 Å². The second kappa shape index (κ2) is 6.09. The lowest BCUT2D eigenvalue weighted by Crippen LogP contribution is -2.18. The standard InChI is InChI=1S/C16H18ClNO/c1-12-3-8-16(14(9-12)11-19)18(2)10-13-4-6-15(17)7-5-13/h3-9,19H,10-11H2,1-2H3. The molecule has 1 N–H and O–H groups in total. The number of anilines is 1. The van der Waals surface area contributed by atoms with Crippen molar-refractivity contribution in [1.82, 2.24) is 0 Å². The molecular weight excluding hydrogens is 258 g/mol. The van der Waals surface area contributed by atoms with Crippen molar-refractivity contribution >= 4 is 17.3 Å². The van der Waals surface area contributed by atoms with E-state index in [9.17, 15) is 5.11 Å². The smallest absolute Gasteiger partial charge is 0.0702 e. The van der Waals surface area contributed by atoms with Crippen LogP contribution in [0.4, 0.5) is 5.69 Å². The molecule has 0 atom stereocenters. The summed E-state index contributed by atoms with van der Waals surface area (Å²) < 4.78 is 0. The van der Waals surface area contributed by atoms with Gasteiger partial charge in [-0.3, -0.25) is 0 Å². The van der Waals surface area contributed by atoms with E-state index in [-0.39, 0.29) is 6.61 Å². The van der Waals surface area contributed by atoms with Gasteiger partial charge in [0.2, 0.25) is 0 Å². The molecule has 0 bridgehead atoms. The van der Waals surface area contributed by atoms with E-state index >= 15 is 0 Å². The van der Waals surface area contributed by atoms with Gasteiger partial charge in [-0.1, -0.05) is 41.4 Å². The van der Waals surface area contributed by atoms with E-state index in [0.717, 1.165) is 28.4 Å². The Morgan fingerprint density at radius 3 is 2.42 bits per heavy atom. The minimum atomic E-state index is 0.0575. The number of benzene rings is 2. The lowest BCUT2D eigenvalue weighted by molar-refractivity contribution is 0.282. The summed E-state index contributed by atoms with van der Waals surface area (Å²) in [6, 6.07) is 14.0. The maximum Gasteiger partial charge on any atom is 0.0702 e. The Labute approximate surface area is 119 Å². The van der Waals surface area contributed by atoms with Gasteiger partial charge in [-0.05, 0) is 30.7 Å². The normalized spacial score (nSPS) is 10.5. The SMILES string of the molecule is Cc1ccc(N(C)Cc2ccc(Cl)cc2)c(CO)c1. The zero-order valence-corrected chi connectivity index (χ0v) is 12.0. The highest BCUT2D eigenvalue weighted by Gasteiger charge is 2.07. The molecule has 2 nitrogen and oxygen atoms in total. The third kappa shape index (κ3) is 3.49. The molecule has 0 aliphatic heterocycles. The molecule has 0 amide bonds. The number of nitrogens with zero attached hydrogens (tertiary/aromatic N) is 1. The highest BCUT2D eigenvalue weighted by atomic mass is 35.5. The lowest BCUT2D eigenvalue weighted by atomic mass is 10.1. The fourth-order valence-corrected chi connectivity index (χ4v) is 2.29. The first kappa shape index (κ1) is 13.9. The Kier molecular flexibility index (Phi) is 4.46. The molecule has 0 aliphatic rings. The van der Waals surface area contributed by atoms with Crippen LogP contribution in [-0.4, -0.2) is 12.2 Å². The average Bonchev–Trinajstić information content (AvgIpc) is 2.41. The molecule has 0 saturated carbocycles. The van der Waals surface area contributed by atoms with Gasteiger partial charge in [-0.15, -0.1) is 0 Å². The van der Waals surface area contributed by atoms with Crippen molar-refractivity contribution in [2.24, 2.45) is 0 Å². The highest BCUT2D eigenvalue weighted by molar-refractivity contribution is 6.30. The summed E-state index contributed by atoms with van der Waals surface area (Å²) >= 11 is 5.88. The summed E-state index contributed by atoms with van der Waals surface area (Å²) in [5.74, 6) is 0. The van der Waals surface area contributed by atoms with Crippen LogP contribution in [0.5, 0.6) is 0 Å². The van der Waals surface area contributed by atoms with Gasteiger partial charge in [0, 0.05) is 29.9 Å². The van der Waals surface area contributed by atoms with Crippen molar-refractivity contribution in [2.45, 2.75) is 20.1 Å². The monoisotopic (exact) mass is 275 g/mol. The number of aliphatic hydroxyl groups is 1. The van der Waals surface area contributed by atoms with Crippen LogP contribution in [0.3, 0.4) is 0 Å². The van der Waals surface area contributed by atoms with Crippen molar-refractivity contribution in [1.29, 1.82) is 0 Å². The summed E-state index contributed by atoms with van der Waals surface area (Å²) in [6.45, 7) is 2.87. The predicted molar refractivity (Wildman–Crippen MR) is 80.7 cm³/mol. The van der Waals surface area contributed by atoms with Crippen molar-refractivity contribution in [3.8, 4) is 0 Å². The first-order valence-electron chi connectivity index (χ1n) is 6.26. The van der Waals surface area contributed by atoms with Crippen LogP contribution in [0, 0.1) is 6.92 Å². The van der Waals surface area contributed by atoms with Crippen molar-refractivity contribution in [3.05, 3.63) is 64.2 Å². The molecule has 3 heteroatoms. The van der Waals surface area contributed by atoms with Gasteiger partial charge in [0.05, 0.1) is 6.61 Å². The quantitative estimate of drug-likeness (QED) is 0.918. The first-order chi connectivity index (χ1) is 9.10. The lowest BCUT2D eigenvalue weighted by Gasteiger charge is -2.22. The van der Waals surface area contributed by atoms with Crippen LogP contribution in [0.15, 0.2) is 42.5 Å². The van der Waals surface area contributed by atoms with Gasteiger partial charge in [-0.25, -0.2) is 0 Å². The predicted octanol–water partition coefficient (Wildman–Crippen LogP) is 3.78. The molecule has 0 radical (unpaired) electrons. The Bertz CT molecular complexity index is 551. The van der Waals surface area contributed by atoms with Crippen molar-refractivity contribution < 1.29 is 5.11 Å². The summed E-state index contributed by atoms with van der Waals surface area (Å²) in [6.07, 6.45) is 0. The molecule has 0 fully saturated rings. The highest BCUT2D eigenvalue weighted by Crippen LogP contribution is 2.23. The molecule has 2 aromatic rings. The van der Waals surface area contributed by atoms with Gasteiger partial charge in [0.25, 0.3) is 0 Å². The molecule has 0 aliphatic carbocycles. The molecular formula is C16H18ClNO. The number of aliphatic hydroxyl groups excluding tert-OH is 1. The maximum absolute atomic E-state index is 9.45. The van der Waals surface area contributed by atoms with E-state index in [1.807, 2.05) is 44.3 Å². The second-order valence-corrected chi connectivity index (χ2v) is 5.21. The fraction of sp³-hybridized carbons (Fsp3) is 0.250. The van der Waals surface area contributed by atoms with Crippen LogP contribution in [-0.2, 0) is 13.2 Å². The minimum Gasteiger partial charge on any atom is -0.392 e. The molecule has 0 aromatic heterocycles. The topological polar surface area (TPSA) is 23.5 Å². The number of aryl methyl sites for hydroxylation is 1. The summed E-state index contributed by atoms with van der Waals surface area (Å²) in [4.78, 5) is 2.13. The van der Waals surface area contributed by atoms with Gasteiger partial charge in [-0.2, -0.15) is 0 Å². The summed E-state index contributed by atoms with van der Waals surface area (Å²) in [7, 11) is 2.03. The molecule has 0 spiro atoms. The third-order valence-electron chi connectivity index (χ3n) is 3.15. The molecule has 0 saturated heterocycles. The Hall–Kier alpha value is -1.51. The zero-order chi connectivity index (χ0) is 13.8. The Morgan fingerprint density at radius 2 is 1.79 bits per heavy atom. The summed E-state index contributed by atoms with van der Waals surface area (Å²) in [5.41, 5.74) is 4.36. The average molecular weight is 276 g/mol. The van der Waals surface area contributed by atoms with Gasteiger partial charge in [0.15, 0.2) is 0 Å². The molecule has 19 heavy (non-hydrogen) atoms. The number of halogens is 1. The zero-order valence-electron chi connectivity index (χ0n) is 11.2. The largest absolute Gasteiger partial charge is 0.392 e. The van der Waals surface area contributed by atoms with Crippen LogP contribution in [0.1, 0.15) is 16.7 Å². The third-order valence-corrected chi connectivity index (χ3v) is 3.40. The van der Waals surface area contributed by atoms with E-state index in [0.29, 0.717) is 0 Å². The van der Waals surface area contributed by atoms with E-state index < -0.39 is 0 Å². The van der Waals surface area contributed by atoms with Crippen LogP contribution in [0.2, 0.25) is 5.02 Å². The number of hydrogen-bond donors (Lipinski definition) is 1. The fourth-order valence-electron chi connectivity index (χ4n) is 2.16. The van der Waals surface area contributed by atoms with E-state index in [2.05, 4.69) is 17.0 Å². The minimum absolute atomic E-state index is 0.0575. The van der Waals surface area contributed by atoms with E-state index in [1.54, 1.807) is 0 Å². The molecule has 100 valence electrons. The number of rotatable bonds is 4. The molecule has 0 heterocycles. The second-order valence-electron chi connectivity index (χ2n) is 4.77. The van der Waals surface area contributed by atoms with Crippen LogP contribution >= 0.6 is 11.6 Å². The molecule has 0 unspecified atom stereocenters. The Morgan fingerprint density at radius 1 is 1.11 bits per heavy atom.